The first-order valence-corrected chi connectivity index (χ1v) is 14.5. The number of para-hydroxylation sites is 1. The van der Waals surface area contributed by atoms with Gasteiger partial charge in [0, 0.05) is 38.3 Å². The van der Waals surface area contributed by atoms with E-state index in [0.717, 1.165) is 15.7 Å². The molecule has 0 radical (unpaired) electrons. The van der Waals surface area contributed by atoms with Crippen LogP contribution in [0.2, 0.25) is 0 Å². The zero-order chi connectivity index (χ0) is 29.2. The minimum Gasteiger partial charge on any atom is -0.493 e. The number of hydrogen-bond acceptors (Lipinski definition) is 6. The summed E-state index contributed by atoms with van der Waals surface area (Å²) < 4.78 is 12.4. The van der Waals surface area contributed by atoms with Gasteiger partial charge in [-0.05, 0) is 29.8 Å². The van der Waals surface area contributed by atoms with E-state index in [9.17, 15) is 14.4 Å². The highest BCUT2D eigenvalue weighted by atomic mass is 79.9. The van der Waals surface area contributed by atoms with Crippen molar-refractivity contribution < 1.29 is 23.9 Å². The van der Waals surface area contributed by atoms with Crippen molar-refractivity contribution in [3.8, 4) is 11.5 Å². The van der Waals surface area contributed by atoms with Crippen LogP contribution in [0.1, 0.15) is 48.1 Å². The lowest BCUT2D eigenvalue weighted by molar-refractivity contribution is 0.0664. The number of carbonyl (C=O) groups is 3. The smallest absolute Gasteiger partial charge is 0.185 e. The Balaban J connectivity index is 1.59. The van der Waals surface area contributed by atoms with E-state index < -0.39 is 23.4 Å². The maximum Gasteiger partial charge on any atom is 0.185 e. The largest absolute Gasteiger partial charge is 0.493 e. The average molecular weight is 620 g/mol. The number of nitrogens with zero attached hydrogens (tertiary/aromatic N) is 1. The van der Waals surface area contributed by atoms with E-state index in [-0.39, 0.29) is 17.3 Å². The highest BCUT2D eigenvalue weighted by molar-refractivity contribution is 9.10. The van der Waals surface area contributed by atoms with E-state index in [4.69, 9.17) is 9.47 Å². The predicted molar refractivity (Wildman–Crippen MR) is 164 cm³/mol. The Hall–Kier alpha value is -4.49. The van der Waals surface area contributed by atoms with Gasteiger partial charge in [-0.15, -0.1) is 0 Å². The summed E-state index contributed by atoms with van der Waals surface area (Å²) in [6.07, 6.45) is 3.86. The Bertz CT molecular complexity index is 1780. The fraction of sp³-hybridized carbons (Fsp3) is 0.171. The average Bonchev–Trinajstić information content (AvgIpc) is 3.46. The van der Waals surface area contributed by atoms with Gasteiger partial charge in [-0.2, -0.15) is 0 Å². The molecule has 1 spiro atoms. The van der Waals surface area contributed by atoms with Gasteiger partial charge in [-0.1, -0.05) is 94.8 Å². The second-order valence-corrected chi connectivity index (χ2v) is 11.6. The Morgan fingerprint density at radius 3 is 2.19 bits per heavy atom. The van der Waals surface area contributed by atoms with Crippen molar-refractivity contribution in [2.24, 2.45) is 5.41 Å². The van der Waals surface area contributed by atoms with Crippen molar-refractivity contribution in [2.75, 3.05) is 19.1 Å². The molecule has 0 amide bonds. The van der Waals surface area contributed by atoms with Crippen molar-refractivity contribution in [1.29, 1.82) is 0 Å². The van der Waals surface area contributed by atoms with Crippen LogP contribution in [-0.4, -0.2) is 43.7 Å². The lowest BCUT2D eigenvalue weighted by atomic mass is 9.64. The van der Waals surface area contributed by atoms with Gasteiger partial charge in [-0.3, -0.25) is 14.4 Å². The molecule has 1 saturated heterocycles. The number of rotatable bonds is 5. The van der Waals surface area contributed by atoms with E-state index >= 15 is 0 Å². The van der Waals surface area contributed by atoms with Crippen LogP contribution >= 0.6 is 15.9 Å². The van der Waals surface area contributed by atoms with E-state index in [1.165, 1.54) is 7.11 Å². The summed E-state index contributed by atoms with van der Waals surface area (Å²) >= 11 is 3.57. The third kappa shape index (κ3) is 3.46. The molecule has 7 rings (SSSR count). The Kier molecular flexibility index (Phi) is 6.17. The first-order valence-electron chi connectivity index (χ1n) is 13.7. The van der Waals surface area contributed by atoms with Crippen molar-refractivity contribution in [2.45, 2.75) is 18.0 Å². The van der Waals surface area contributed by atoms with Gasteiger partial charge >= 0.3 is 0 Å². The standard InChI is InChI=1S/C35H26BrNO5/c1-41-27-14-8-13-25(32(27)42-2)29-30(31(38)20-9-4-3-5-10-20)37-26-17-16-22(36)19-21(26)15-18-28(37)35(29)33(39)23-11-6-7-12-24(23)34(35)40/h3-19,28-30H,1-2H3/t28-,29+,30-/m1/s1. The minimum absolute atomic E-state index is 0.187. The molecule has 0 bridgehead atoms. The molecule has 2 heterocycles. The molecule has 4 aromatic carbocycles. The van der Waals surface area contributed by atoms with Crippen LogP contribution in [0.5, 0.6) is 11.5 Å². The van der Waals surface area contributed by atoms with E-state index in [2.05, 4.69) is 15.9 Å². The van der Waals surface area contributed by atoms with E-state index in [1.807, 2.05) is 65.6 Å². The summed E-state index contributed by atoms with van der Waals surface area (Å²) in [5.74, 6) is -0.814. The summed E-state index contributed by atoms with van der Waals surface area (Å²) in [6.45, 7) is 0. The molecule has 0 saturated carbocycles. The normalized spacial score (nSPS) is 21.2. The number of methoxy groups -OCH3 is 2. The van der Waals surface area contributed by atoms with Crippen LogP contribution in [0.15, 0.2) is 102 Å². The zero-order valence-electron chi connectivity index (χ0n) is 22.9. The molecule has 3 aliphatic rings. The fourth-order valence-electron chi connectivity index (χ4n) is 7.22. The number of Topliss-reactive ketones (excluding diaryl/α,β-unsaturated/α-hetero) is 3. The topological polar surface area (TPSA) is 72.9 Å². The summed E-state index contributed by atoms with van der Waals surface area (Å²) in [6, 6.07) is 25.6. The molecule has 6 nitrogen and oxygen atoms in total. The number of hydrogen-bond donors (Lipinski definition) is 0. The molecule has 7 heteroatoms. The molecule has 0 aromatic heterocycles. The lowest BCUT2D eigenvalue weighted by Crippen LogP contribution is -2.48. The van der Waals surface area contributed by atoms with Crippen molar-refractivity contribution >= 4 is 45.0 Å². The number of anilines is 1. The van der Waals surface area contributed by atoms with Gasteiger partial charge < -0.3 is 14.4 Å². The third-order valence-corrected chi connectivity index (χ3v) is 9.35. The number of ketones is 3. The summed E-state index contributed by atoms with van der Waals surface area (Å²) in [7, 11) is 3.07. The van der Waals surface area contributed by atoms with Crippen LogP contribution < -0.4 is 14.4 Å². The molecule has 42 heavy (non-hydrogen) atoms. The van der Waals surface area contributed by atoms with Crippen molar-refractivity contribution in [1.82, 2.24) is 0 Å². The zero-order valence-corrected chi connectivity index (χ0v) is 24.5. The van der Waals surface area contributed by atoms with E-state index in [0.29, 0.717) is 33.8 Å². The Morgan fingerprint density at radius 1 is 0.833 bits per heavy atom. The molecule has 0 unspecified atom stereocenters. The summed E-state index contributed by atoms with van der Waals surface area (Å²) in [5, 5.41) is 0. The monoisotopic (exact) mass is 619 g/mol. The number of fused-ring (bicyclic) bond motifs is 5. The van der Waals surface area contributed by atoms with Crippen molar-refractivity contribution in [3.63, 3.8) is 0 Å². The van der Waals surface area contributed by atoms with Gasteiger partial charge in [0.15, 0.2) is 28.8 Å². The van der Waals surface area contributed by atoms with Crippen molar-refractivity contribution in [3.05, 3.63) is 129 Å². The van der Waals surface area contributed by atoms with Crippen LogP contribution in [0.4, 0.5) is 5.69 Å². The summed E-state index contributed by atoms with van der Waals surface area (Å²) in [4.78, 5) is 46.4. The number of carbonyl (C=O) groups excluding carboxylic acids is 3. The predicted octanol–water partition coefficient (Wildman–Crippen LogP) is 6.78. The SMILES string of the molecule is COc1cccc([C@H]2[C@H](C(=O)c3ccccc3)N3c4ccc(Br)cc4C=C[C@@H]3C23C(=O)c2ccccc2C3=O)c1OC. The maximum absolute atomic E-state index is 14.8. The van der Waals surface area contributed by atoms with Gasteiger partial charge in [0.2, 0.25) is 0 Å². The Labute approximate surface area is 251 Å². The Morgan fingerprint density at radius 2 is 1.52 bits per heavy atom. The maximum atomic E-state index is 14.8. The summed E-state index contributed by atoms with van der Waals surface area (Å²) in [5.41, 5.74) is 1.85. The van der Waals surface area contributed by atoms with E-state index in [1.54, 1.807) is 49.6 Å². The molecular weight excluding hydrogens is 594 g/mol. The van der Waals surface area contributed by atoms with Gasteiger partial charge in [0.05, 0.1) is 20.3 Å². The molecule has 3 atom stereocenters. The number of benzene rings is 4. The van der Waals surface area contributed by atoms with Crippen LogP contribution in [0, 0.1) is 5.41 Å². The molecular formula is C35H26BrNO5. The van der Waals surface area contributed by atoms with Crippen LogP contribution in [0.25, 0.3) is 6.08 Å². The highest BCUT2D eigenvalue weighted by Crippen LogP contribution is 2.62. The first kappa shape index (κ1) is 26.4. The number of halogens is 1. The molecule has 0 N–H and O–H groups in total. The second-order valence-electron chi connectivity index (χ2n) is 10.7. The van der Waals surface area contributed by atoms with Gasteiger partial charge in [0.25, 0.3) is 0 Å². The van der Waals surface area contributed by atoms with Gasteiger partial charge in [-0.25, -0.2) is 0 Å². The molecule has 4 aromatic rings. The van der Waals surface area contributed by atoms with Crippen LogP contribution in [-0.2, 0) is 0 Å². The molecule has 1 fully saturated rings. The third-order valence-electron chi connectivity index (χ3n) is 8.86. The quantitative estimate of drug-likeness (QED) is 0.181. The van der Waals surface area contributed by atoms with Crippen LogP contribution in [0.3, 0.4) is 0 Å². The minimum atomic E-state index is -1.63. The second kappa shape index (κ2) is 9.81. The lowest BCUT2D eigenvalue weighted by Gasteiger charge is -2.37. The van der Waals surface area contributed by atoms with Gasteiger partial charge in [0.1, 0.15) is 11.5 Å². The molecule has 208 valence electrons. The number of ether oxygens (including phenoxy) is 2. The molecule has 2 aliphatic heterocycles. The highest BCUT2D eigenvalue weighted by Gasteiger charge is 2.72. The first-order chi connectivity index (χ1) is 20.4. The fourth-order valence-corrected chi connectivity index (χ4v) is 7.60. The molecule has 1 aliphatic carbocycles.